The van der Waals surface area contributed by atoms with E-state index in [9.17, 15) is 18.0 Å². The van der Waals surface area contributed by atoms with Crippen LogP contribution in [0.1, 0.15) is 40.4 Å². The monoisotopic (exact) mass is 506 g/mol. The molecule has 9 heteroatoms. The fourth-order valence-corrected chi connectivity index (χ4v) is 4.17. The SMILES string of the molecule is C=CCCc1ccc(OC(=O)c2ccc3c(c2F)C(F)(F)Cc2c-3ccc(OCC)c2F)c(F)c1F. The Morgan fingerprint density at radius 1 is 0.944 bits per heavy atom. The molecule has 0 radical (unpaired) electrons. The maximum Gasteiger partial charge on any atom is 0.346 e. The highest BCUT2D eigenvalue weighted by Crippen LogP contribution is 2.49. The molecule has 36 heavy (non-hydrogen) atoms. The van der Waals surface area contributed by atoms with Crippen LogP contribution in [-0.4, -0.2) is 12.6 Å². The zero-order chi connectivity index (χ0) is 26.2. The van der Waals surface area contributed by atoms with E-state index in [-0.39, 0.29) is 41.0 Å². The molecule has 4 rings (SSSR count). The number of esters is 1. The van der Waals surface area contributed by atoms with Crippen LogP contribution in [0.2, 0.25) is 0 Å². The van der Waals surface area contributed by atoms with Crippen LogP contribution in [0.25, 0.3) is 11.1 Å². The Labute approximate surface area is 203 Å². The second-order valence-electron chi connectivity index (χ2n) is 8.14. The molecule has 3 aromatic rings. The Bertz CT molecular complexity index is 1370. The number of carbonyl (C=O) groups is 1. The molecule has 188 valence electrons. The van der Waals surface area contributed by atoms with Crippen molar-refractivity contribution in [3.8, 4) is 22.6 Å². The van der Waals surface area contributed by atoms with Gasteiger partial charge in [0.15, 0.2) is 23.1 Å². The third-order valence-corrected chi connectivity index (χ3v) is 5.87. The molecule has 0 saturated heterocycles. The second-order valence-corrected chi connectivity index (χ2v) is 8.14. The first-order valence-electron chi connectivity index (χ1n) is 11.1. The largest absolute Gasteiger partial charge is 0.491 e. The van der Waals surface area contributed by atoms with Crippen LogP contribution < -0.4 is 9.47 Å². The molecular weight excluding hydrogens is 486 g/mol. The summed E-state index contributed by atoms with van der Waals surface area (Å²) in [5, 5.41) is 0. The molecule has 0 aromatic heterocycles. The maximum absolute atomic E-state index is 15.3. The number of fused-ring (bicyclic) bond motifs is 3. The fraction of sp³-hybridized carbons (Fsp3) is 0.222. The van der Waals surface area contributed by atoms with Gasteiger partial charge in [0, 0.05) is 12.0 Å². The van der Waals surface area contributed by atoms with Crippen molar-refractivity contribution in [2.45, 2.75) is 32.1 Å². The number of halogens is 6. The lowest BCUT2D eigenvalue weighted by molar-refractivity contribution is -0.00934. The van der Waals surface area contributed by atoms with E-state index in [2.05, 4.69) is 6.58 Å². The topological polar surface area (TPSA) is 35.5 Å². The van der Waals surface area contributed by atoms with Gasteiger partial charge in [-0.25, -0.2) is 26.7 Å². The first kappa shape index (κ1) is 25.3. The highest BCUT2D eigenvalue weighted by atomic mass is 19.3. The van der Waals surface area contributed by atoms with Crippen molar-refractivity contribution in [3.63, 3.8) is 0 Å². The normalized spacial score (nSPS) is 13.5. The van der Waals surface area contributed by atoms with Crippen LogP contribution in [0, 0.1) is 23.3 Å². The van der Waals surface area contributed by atoms with Crippen molar-refractivity contribution in [1.82, 2.24) is 0 Å². The van der Waals surface area contributed by atoms with Crippen LogP contribution >= 0.6 is 0 Å². The van der Waals surface area contributed by atoms with Crippen LogP contribution in [-0.2, 0) is 18.8 Å². The van der Waals surface area contributed by atoms with Gasteiger partial charge in [0.05, 0.1) is 17.7 Å². The number of carbonyl (C=O) groups excluding carboxylic acids is 1. The van der Waals surface area contributed by atoms with Crippen molar-refractivity contribution in [2.75, 3.05) is 6.61 Å². The van der Waals surface area contributed by atoms with Crippen molar-refractivity contribution in [2.24, 2.45) is 0 Å². The predicted molar refractivity (Wildman–Crippen MR) is 120 cm³/mol. The summed E-state index contributed by atoms with van der Waals surface area (Å²) < 4.78 is 98.8. The number of hydrogen-bond donors (Lipinski definition) is 0. The Hall–Kier alpha value is -3.75. The van der Waals surface area contributed by atoms with E-state index < -0.39 is 58.5 Å². The van der Waals surface area contributed by atoms with Gasteiger partial charge in [0.1, 0.15) is 5.82 Å². The molecule has 0 saturated carbocycles. The number of aryl methyl sites for hydroxylation is 1. The zero-order valence-electron chi connectivity index (χ0n) is 19.1. The van der Waals surface area contributed by atoms with Gasteiger partial charge in [-0.1, -0.05) is 24.3 Å². The molecule has 0 bridgehead atoms. The lowest BCUT2D eigenvalue weighted by atomic mass is 9.81. The van der Waals surface area contributed by atoms with E-state index >= 15 is 13.2 Å². The standard InChI is InChI=1S/C27H20F6O3/c1-3-5-6-14-7-11-20(25(31)22(14)28)36-26(34)17-9-8-16-15-10-12-19(35-4-2)23(29)18(15)13-27(32,33)21(16)24(17)30/h3,7-12H,1,4-6,13H2,2H3. The van der Waals surface area contributed by atoms with Crippen molar-refractivity contribution in [1.29, 1.82) is 0 Å². The van der Waals surface area contributed by atoms with Gasteiger partial charge in [-0.3, -0.25) is 0 Å². The summed E-state index contributed by atoms with van der Waals surface area (Å²) >= 11 is 0. The van der Waals surface area contributed by atoms with E-state index in [1.54, 1.807) is 6.92 Å². The minimum Gasteiger partial charge on any atom is -0.491 e. The summed E-state index contributed by atoms with van der Waals surface area (Å²) in [4.78, 5) is 12.6. The molecule has 0 heterocycles. The fourth-order valence-electron chi connectivity index (χ4n) is 4.17. The quantitative estimate of drug-likeness (QED) is 0.146. The number of hydrogen-bond acceptors (Lipinski definition) is 3. The van der Waals surface area contributed by atoms with E-state index in [4.69, 9.17) is 9.47 Å². The molecule has 0 spiro atoms. The van der Waals surface area contributed by atoms with Crippen molar-refractivity contribution in [3.05, 3.63) is 94.6 Å². The molecule has 0 fully saturated rings. The molecule has 1 aliphatic carbocycles. The maximum atomic E-state index is 15.3. The molecular formula is C27H20F6O3. The molecule has 0 unspecified atom stereocenters. The van der Waals surface area contributed by atoms with Gasteiger partial charge >= 0.3 is 5.97 Å². The molecule has 1 aliphatic rings. The second kappa shape index (κ2) is 9.72. The number of alkyl halides is 2. The number of rotatable bonds is 7. The molecule has 0 aliphatic heterocycles. The van der Waals surface area contributed by atoms with E-state index in [0.717, 1.165) is 18.2 Å². The number of allylic oxidation sites excluding steroid dienone is 1. The smallest absolute Gasteiger partial charge is 0.346 e. The van der Waals surface area contributed by atoms with E-state index in [1.165, 1.54) is 24.3 Å². The summed E-state index contributed by atoms with van der Waals surface area (Å²) in [6.45, 7) is 5.22. The van der Waals surface area contributed by atoms with Crippen LogP contribution in [0.5, 0.6) is 11.5 Å². The Kier molecular flexibility index (Phi) is 6.84. The summed E-state index contributed by atoms with van der Waals surface area (Å²) in [7, 11) is 0. The number of ether oxygens (including phenoxy) is 2. The Morgan fingerprint density at radius 2 is 1.64 bits per heavy atom. The van der Waals surface area contributed by atoms with Crippen molar-refractivity contribution >= 4 is 5.97 Å². The minimum atomic E-state index is -3.88. The summed E-state index contributed by atoms with van der Waals surface area (Å²) in [6, 6.07) is 6.69. The lowest BCUT2D eigenvalue weighted by Gasteiger charge is -2.29. The molecule has 0 atom stereocenters. The van der Waals surface area contributed by atoms with Gasteiger partial charge in [-0.15, -0.1) is 6.58 Å². The zero-order valence-corrected chi connectivity index (χ0v) is 19.1. The highest BCUT2D eigenvalue weighted by Gasteiger charge is 2.45. The Morgan fingerprint density at radius 3 is 2.33 bits per heavy atom. The van der Waals surface area contributed by atoms with Crippen LogP contribution in [0.15, 0.2) is 49.1 Å². The summed E-state index contributed by atoms with van der Waals surface area (Å²) in [5.74, 6) is -11.7. The average Bonchev–Trinajstić information content (AvgIpc) is 2.83. The number of benzene rings is 3. The van der Waals surface area contributed by atoms with Gasteiger partial charge in [-0.05, 0) is 54.7 Å². The molecule has 0 N–H and O–H groups in total. The molecule has 0 amide bonds. The molecule has 3 nitrogen and oxygen atoms in total. The summed E-state index contributed by atoms with van der Waals surface area (Å²) in [6.07, 6.45) is 0.890. The highest BCUT2D eigenvalue weighted by molar-refractivity contribution is 5.93. The van der Waals surface area contributed by atoms with Gasteiger partial charge < -0.3 is 9.47 Å². The average molecular weight is 506 g/mol. The van der Waals surface area contributed by atoms with E-state index in [1.807, 2.05) is 0 Å². The van der Waals surface area contributed by atoms with Gasteiger partial charge in [-0.2, -0.15) is 4.39 Å². The minimum absolute atomic E-state index is 0.0187. The third kappa shape index (κ3) is 4.34. The Balaban J connectivity index is 1.72. The molecule has 3 aromatic carbocycles. The van der Waals surface area contributed by atoms with Crippen LogP contribution in [0.3, 0.4) is 0 Å². The predicted octanol–water partition coefficient (Wildman–Crippen LogP) is 7.29. The lowest BCUT2D eigenvalue weighted by Crippen LogP contribution is -2.27. The first-order chi connectivity index (χ1) is 17.1. The summed E-state index contributed by atoms with van der Waals surface area (Å²) in [5.41, 5.74) is -2.62. The van der Waals surface area contributed by atoms with Gasteiger partial charge in [0.25, 0.3) is 5.92 Å². The first-order valence-corrected chi connectivity index (χ1v) is 11.1. The van der Waals surface area contributed by atoms with Crippen LogP contribution in [0.4, 0.5) is 26.3 Å². The van der Waals surface area contributed by atoms with E-state index in [0.29, 0.717) is 6.42 Å². The van der Waals surface area contributed by atoms with Gasteiger partial charge in [0.2, 0.25) is 5.82 Å². The third-order valence-electron chi connectivity index (χ3n) is 5.87. The van der Waals surface area contributed by atoms with Crippen molar-refractivity contribution < 1.29 is 40.6 Å².